The maximum atomic E-state index is 13.2. The van der Waals surface area contributed by atoms with Gasteiger partial charge in [-0.1, -0.05) is 0 Å². The number of aromatic nitrogens is 2. The molecule has 4 rings (SSSR count). The van der Waals surface area contributed by atoms with Gasteiger partial charge in [0, 0.05) is 23.7 Å². The van der Waals surface area contributed by atoms with Gasteiger partial charge in [0.15, 0.2) is 0 Å². The molecule has 1 atom stereocenters. The molecule has 1 aliphatic carbocycles. The molecule has 0 aliphatic heterocycles. The molecule has 1 unspecified atom stereocenters. The van der Waals surface area contributed by atoms with Crippen LogP contribution >= 0.6 is 11.3 Å². The zero-order chi connectivity index (χ0) is 18.8. The van der Waals surface area contributed by atoms with Gasteiger partial charge in [0.2, 0.25) is 0 Å². The number of carbonyl (C=O) groups excluding carboxylic acids is 1. The van der Waals surface area contributed by atoms with Gasteiger partial charge >= 0.3 is 0 Å². The van der Waals surface area contributed by atoms with Crippen LogP contribution < -0.4 is 10.6 Å². The van der Waals surface area contributed by atoms with Gasteiger partial charge in [0.05, 0.1) is 17.3 Å². The predicted molar refractivity (Wildman–Crippen MR) is 104 cm³/mol. The first-order chi connectivity index (χ1) is 13.2. The van der Waals surface area contributed by atoms with E-state index in [4.69, 9.17) is 4.98 Å². The molecule has 0 saturated heterocycles. The Bertz CT molecular complexity index is 970. The minimum atomic E-state index is -0.253. The van der Waals surface area contributed by atoms with Crippen molar-refractivity contribution in [3.63, 3.8) is 0 Å². The van der Waals surface area contributed by atoms with Crippen molar-refractivity contribution in [3.05, 3.63) is 64.5 Å². The Hall–Kier alpha value is -2.80. The third-order valence-electron chi connectivity index (χ3n) is 4.64. The van der Waals surface area contributed by atoms with E-state index in [1.54, 1.807) is 48.8 Å². The number of halogens is 1. The number of pyridine rings is 1. The second-order valence-electron chi connectivity index (χ2n) is 6.40. The summed E-state index contributed by atoms with van der Waals surface area (Å²) >= 11 is 1.65. The summed E-state index contributed by atoms with van der Waals surface area (Å²) in [6.45, 7) is 0. The van der Waals surface area contributed by atoms with Crippen LogP contribution in [0.3, 0.4) is 0 Å². The van der Waals surface area contributed by atoms with E-state index in [1.165, 1.54) is 17.0 Å². The molecule has 2 N–H and O–H groups in total. The molecule has 138 valence electrons. The van der Waals surface area contributed by atoms with Crippen molar-refractivity contribution in [2.45, 2.75) is 25.3 Å². The molecule has 5 nitrogen and oxygen atoms in total. The lowest BCUT2D eigenvalue weighted by atomic mass is 9.97. The number of nitrogens with one attached hydrogen (secondary N) is 2. The molecule has 0 saturated carbocycles. The molecule has 7 heteroatoms. The first-order valence-corrected chi connectivity index (χ1v) is 9.66. The second kappa shape index (κ2) is 7.44. The van der Waals surface area contributed by atoms with Crippen LogP contribution in [0.4, 0.5) is 10.2 Å². The summed E-state index contributed by atoms with van der Waals surface area (Å²) in [6, 6.07) is 9.91. The second-order valence-corrected chi connectivity index (χ2v) is 7.49. The molecular weight excluding hydrogens is 363 g/mol. The van der Waals surface area contributed by atoms with Crippen molar-refractivity contribution in [3.8, 4) is 10.6 Å². The Morgan fingerprint density at radius 2 is 2.07 bits per heavy atom. The fourth-order valence-electron chi connectivity index (χ4n) is 3.28. The molecule has 0 fully saturated rings. The Kier molecular flexibility index (Phi) is 4.85. The predicted octanol–water partition coefficient (Wildman–Crippen LogP) is 4.19. The van der Waals surface area contributed by atoms with E-state index < -0.39 is 0 Å². The van der Waals surface area contributed by atoms with Crippen molar-refractivity contribution >= 4 is 23.1 Å². The number of anilines is 1. The normalized spacial score (nSPS) is 15.9. The lowest BCUT2D eigenvalue weighted by Gasteiger charge is -2.23. The summed E-state index contributed by atoms with van der Waals surface area (Å²) in [5, 5.41) is 6.94. The summed E-state index contributed by atoms with van der Waals surface area (Å²) < 4.78 is 13.2. The van der Waals surface area contributed by atoms with Gasteiger partial charge in [0.25, 0.3) is 5.91 Å². The number of carbonyl (C=O) groups is 1. The molecule has 0 radical (unpaired) electrons. The smallest absolute Gasteiger partial charge is 0.254 e. The van der Waals surface area contributed by atoms with Crippen LogP contribution in [-0.4, -0.2) is 22.9 Å². The van der Waals surface area contributed by atoms with Crippen LogP contribution in [0.1, 0.15) is 39.8 Å². The number of benzene rings is 1. The molecule has 3 aromatic rings. The molecule has 0 spiro atoms. The third kappa shape index (κ3) is 3.55. The highest BCUT2D eigenvalue weighted by atomic mass is 32.1. The van der Waals surface area contributed by atoms with E-state index in [0.29, 0.717) is 11.4 Å². The minimum absolute atomic E-state index is 0.00231. The largest absolute Gasteiger partial charge is 0.361 e. The summed E-state index contributed by atoms with van der Waals surface area (Å²) in [6.07, 6.45) is 4.61. The molecular formula is C20H19FN4OS. The Balaban J connectivity index is 1.65. The van der Waals surface area contributed by atoms with Gasteiger partial charge in [-0.25, -0.2) is 14.4 Å². The molecule has 2 heterocycles. The van der Waals surface area contributed by atoms with Crippen LogP contribution in [-0.2, 0) is 6.42 Å². The monoisotopic (exact) mass is 382 g/mol. The zero-order valence-corrected chi connectivity index (χ0v) is 15.6. The Morgan fingerprint density at radius 1 is 1.26 bits per heavy atom. The van der Waals surface area contributed by atoms with Crippen LogP contribution in [0, 0.1) is 5.82 Å². The summed E-state index contributed by atoms with van der Waals surface area (Å²) in [5.41, 5.74) is 2.43. The number of aryl methyl sites for hydroxylation is 1. The highest BCUT2D eigenvalue weighted by molar-refractivity contribution is 7.15. The molecule has 1 aliphatic rings. The lowest BCUT2D eigenvalue weighted by Crippen LogP contribution is -2.23. The van der Waals surface area contributed by atoms with Crippen molar-refractivity contribution in [1.82, 2.24) is 15.3 Å². The number of amides is 1. The minimum Gasteiger partial charge on any atom is -0.361 e. The van der Waals surface area contributed by atoms with Crippen LogP contribution in [0.25, 0.3) is 10.6 Å². The van der Waals surface area contributed by atoms with E-state index in [2.05, 4.69) is 15.6 Å². The number of thiazole rings is 1. The molecule has 1 amide bonds. The fourth-order valence-corrected chi connectivity index (χ4v) is 4.45. The van der Waals surface area contributed by atoms with Gasteiger partial charge in [-0.3, -0.25) is 4.79 Å². The fraction of sp³-hybridized carbons (Fsp3) is 0.250. The quantitative estimate of drug-likeness (QED) is 0.710. The molecule has 27 heavy (non-hydrogen) atoms. The lowest BCUT2D eigenvalue weighted by molar-refractivity contribution is 0.0963. The third-order valence-corrected chi connectivity index (χ3v) is 5.82. The van der Waals surface area contributed by atoms with E-state index >= 15 is 0 Å². The number of hydrogen-bond donors (Lipinski definition) is 2. The first-order valence-electron chi connectivity index (χ1n) is 8.85. The zero-order valence-electron chi connectivity index (χ0n) is 14.8. The van der Waals surface area contributed by atoms with Gasteiger partial charge < -0.3 is 10.6 Å². The molecule has 0 bridgehead atoms. The Morgan fingerprint density at radius 3 is 2.85 bits per heavy atom. The van der Waals surface area contributed by atoms with Crippen LogP contribution in [0.2, 0.25) is 0 Å². The van der Waals surface area contributed by atoms with Crippen molar-refractivity contribution in [2.24, 2.45) is 0 Å². The van der Waals surface area contributed by atoms with Gasteiger partial charge in [0.1, 0.15) is 16.6 Å². The van der Waals surface area contributed by atoms with E-state index in [-0.39, 0.29) is 17.8 Å². The van der Waals surface area contributed by atoms with E-state index in [0.717, 1.165) is 35.5 Å². The summed E-state index contributed by atoms with van der Waals surface area (Å²) in [7, 11) is 1.60. The maximum Gasteiger partial charge on any atom is 0.254 e. The van der Waals surface area contributed by atoms with Crippen molar-refractivity contribution in [2.75, 3.05) is 12.4 Å². The van der Waals surface area contributed by atoms with E-state index in [9.17, 15) is 9.18 Å². The average Bonchev–Trinajstić information content (AvgIpc) is 3.14. The number of nitrogens with zero attached hydrogens (tertiary/aromatic N) is 2. The highest BCUT2D eigenvalue weighted by Gasteiger charge is 2.26. The van der Waals surface area contributed by atoms with Crippen molar-refractivity contribution < 1.29 is 9.18 Å². The van der Waals surface area contributed by atoms with Crippen LogP contribution in [0.15, 0.2) is 42.6 Å². The van der Waals surface area contributed by atoms with Crippen LogP contribution in [0.5, 0.6) is 0 Å². The highest BCUT2D eigenvalue weighted by Crippen LogP contribution is 2.38. The van der Waals surface area contributed by atoms with E-state index in [1.807, 2.05) is 0 Å². The molecule has 2 aromatic heterocycles. The average molecular weight is 382 g/mol. The Labute approximate surface area is 160 Å². The van der Waals surface area contributed by atoms with Gasteiger partial charge in [-0.2, -0.15) is 0 Å². The topological polar surface area (TPSA) is 66.9 Å². The number of fused-ring (bicyclic) bond motifs is 1. The SMILES string of the molecule is CNC(=O)c1cccnc1NC1CCCc2sc(-c3ccc(F)cc3)nc21. The van der Waals surface area contributed by atoms with Gasteiger partial charge in [-0.05, 0) is 55.7 Å². The van der Waals surface area contributed by atoms with Gasteiger partial charge in [-0.15, -0.1) is 11.3 Å². The number of rotatable bonds is 4. The first kappa shape index (κ1) is 17.6. The summed E-state index contributed by atoms with van der Waals surface area (Å²) in [4.78, 5) is 22.5. The molecule has 1 aromatic carbocycles. The maximum absolute atomic E-state index is 13.2. The number of hydrogen-bond acceptors (Lipinski definition) is 5. The summed E-state index contributed by atoms with van der Waals surface area (Å²) in [5.74, 6) is 0.134. The van der Waals surface area contributed by atoms with Crippen molar-refractivity contribution in [1.29, 1.82) is 0 Å². The standard InChI is InChI=1S/C20H19FN4OS/c1-22-19(26)14-4-3-11-23-18(14)24-15-5-2-6-16-17(15)25-20(27-16)12-7-9-13(21)10-8-12/h3-4,7-11,15H,2,5-6H2,1H3,(H,22,26)(H,23,24).